The van der Waals surface area contributed by atoms with Gasteiger partial charge in [-0.2, -0.15) is 5.10 Å². The summed E-state index contributed by atoms with van der Waals surface area (Å²) in [6.07, 6.45) is 0.385. The molecule has 0 aliphatic carbocycles. The Morgan fingerprint density at radius 1 is 1.07 bits per heavy atom. The van der Waals surface area contributed by atoms with Gasteiger partial charge in [0.2, 0.25) is 0 Å². The highest BCUT2D eigenvalue weighted by atomic mass is 19.1. The number of rotatable bonds is 3. The third kappa shape index (κ3) is 3.13. The first-order valence-corrected chi connectivity index (χ1v) is 9.54. The van der Waals surface area contributed by atoms with Gasteiger partial charge in [0.15, 0.2) is 0 Å². The summed E-state index contributed by atoms with van der Waals surface area (Å²) in [4.78, 5) is 26.6. The number of hydrogen-bond donors (Lipinski definition) is 2. The monoisotopic (exact) mass is 390 g/mol. The normalized spacial score (nSPS) is 16.0. The molecule has 2 aliphatic rings. The van der Waals surface area contributed by atoms with Crippen LogP contribution in [0.25, 0.3) is 10.8 Å². The molecule has 29 heavy (non-hydrogen) atoms. The van der Waals surface area contributed by atoms with Gasteiger partial charge in [0.05, 0.1) is 16.6 Å². The Kier molecular flexibility index (Phi) is 4.24. The maximum Gasteiger partial charge on any atom is 0.272 e. The third-order valence-electron chi connectivity index (χ3n) is 5.64. The second-order valence-electron chi connectivity index (χ2n) is 7.51. The van der Waals surface area contributed by atoms with Gasteiger partial charge in [-0.05, 0) is 34.9 Å². The quantitative estimate of drug-likeness (QED) is 0.671. The summed E-state index contributed by atoms with van der Waals surface area (Å²) < 4.78 is 14.5. The van der Waals surface area contributed by atoms with Gasteiger partial charge in [-0.25, -0.2) is 9.49 Å². The van der Waals surface area contributed by atoms with Gasteiger partial charge in [-0.3, -0.25) is 9.59 Å². The average Bonchev–Trinajstić information content (AvgIpc) is 3.33. The van der Waals surface area contributed by atoms with Crippen LogP contribution in [0.5, 0.6) is 0 Å². The average molecular weight is 390 g/mol. The van der Waals surface area contributed by atoms with Crippen molar-refractivity contribution in [2.75, 3.05) is 26.2 Å². The summed E-state index contributed by atoms with van der Waals surface area (Å²) in [7, 11) is 0. The molecule has 0 saturated heterocycles. The summed E-state index contributed by atoms with van der Waals surface area (Å²) in [5.74, 6) is -0.818. The lowest BCUT2D eigenvalue weighted by Gasteiger charge is -2.19. The molecule has 2 aliphatic heterocycles. The summed E-state index contributed by atoms with van der Waals surface area (Å²) in [6.45, 7) is 2.70. The van der Waals surface area contributed by atoms with E-state index in [1.807, 2.05) is 12.1 Å². The van der Waals surface area contributed by atoms with Crippen LogP contribution in [-0.4, -0.2) is 47.2 Å². The van der Waals surface area contributed by atoms with Gasteiger partial charge in [0.1, 0.15) is 5.82 Å². The van der Waals surface area contributed by atoms with E-state index in [2.05, 4.69) is 15.5 Å². The number of amides is 1. The number of carbonyl (C=O) groups excluding carboxylic acids is 1. The lowest BCUT2D eigenvalue weighted by atomic mass is 10.0. The zero-order chi connectivity index (χ0) is 20.0. The Morgan fingerprint density at radius 3 is 2.55 bits per heavy atom. The van der Waals surface area contributed by atoms with Crippen molar-refractivity contribution < 1.29 is 9.18 Å². The van der Waals surface area contributed by atoms with Gasteiger partial charge >= 0.3 is 0 Å². The van der Waals surface area contributed by atoms with Crippen molar-refractivity contribution in [3.05, 3.63) is 86.6 Å². The first-order valence-electron chi connectivity index (χ1n) is 9.54. The molecule has 3 heterocycles. The number of carbonyl (C=O) groups is 1. The van der Waals surface area contributed by atoms with Gasteiger partial charge in [0, 0.05) is 38.0 Å². The van der Waals surface area contributed by atoms with Gasteiger partial charge in [0.25, 0.3) is 11.5 Å². The van der Waals surface area contributed by atoms with Crippen LogP contribution in [0.3, 0.4) is 0 Å². The fraction of sp³-hybridized carbons (Fsp3) is 0.227. The molecule has 1 amide bonds. The highest BCUT2D eigenvalue weighted by Gasteiger charge is 2.30. The molecule has 2 aromatic carbocycles. The van der Waals surface area contributed by atoms with Crippen LogP contribution in [-0.2, 0) is 6.42 Å². The molecule has 0 saturated carbocycles. The Hall–Kier alpha value is -3.32. The summed E-state index contributed by atoms with van der Waals surface area (Å²) in [5, 5.41) is 11.3. The minimum atomic E-state index is -0.525. The standard InChI is InChI=1S/C22H19FN4O2/c23-19-6-5-13(8-20-16-3-1-2-4-17(16)21(28)26-25-20)7-18(19)22(29)27-11-14-9-24-10-15(14)12-27/h1-7,24H,8-12H2,(H,26,28). The van der Waals surface area contributed by atoms with Gasteiger partial charge in [-0.1, -0.05) is 24.3 Å². The van der Waals surface area contributed by atoms with E-state index in [4.69, 9.17) is 0 Å². The van der Waals surface area contributed by atoms with Crippen molar-refractivity contribution in [1.82, 2.24) is 20.4 Å². The van der Waals surface area contributed by atoms with Crippen molar-refractivity contribution in [3.63, 3.8) is 0 Å². The lowest BCUT2D eigenvalue weighted by Crippen LogP contribution is -2.33. The number of H-pyrrole nitrogens is 1. The molecule has 0 radical (unpaired) electrons. The van der Waals surface area contributed by atoms with Crippen LogP contribution in [0.2, 0.25) is 0 Å². The van der Waals surface area contributed by atoms with Crippen molar-refractivity contribution in [3.8, 4) is 0 Å². The molecule has 0 bridgehead atoms. The molecule has 6 nitrogen and oxygen atoms in total. The molecular formula is C22H19FN4O2. The van der Waals surface area contributed by atoms with E-state index >= 15 is 0 Å². The van der Waals surface area contributed by atoms with Crippen LogP contribution in [0.1, 0.15) is 21.6 Å². The van der Waals surface area contributed by atoms with Crippen LogP contribution < -0.4 is 10.9 Å². The second-order valence-corrected chi connectivity index (χ2v) is 7.51. The number of aromatic amines is 1. The number of hydrogen-bond acceptors (Lipinski definition) is 4. The molecule has 1 aromatic heterocycles. The van der Waals surface area contributed by atoms with Crippen LogP contribution in [0.15, 0.2) is 58.4 Å². The van der Waals surface area contributed by atoms with Gasteiger partial charge in [-0.15, -0.1) is 0 Å². The van der Waals surface area contributed by atoms with Crippen LogP contribution in [0.4, 0.5) is 4.39 Å². The molecule has 146 valence electrons. The Morgan fingerprint density at radius 2 is 1.79 bits per heavy atom. The summed E-state index contributed by atoms with van der Waals surface area (Å²) in [5.41, 5.74) is 3.74. The Balaban J connectivity index is 1.44. The number of aromatic nitrogens is 2. The van der Waals surface area contributed by atoms with Crippen molar-refractivity contribution in [2.24, 2.45) is 0 Å². The fourth-order valence-electron chi connectivity index (χ4n) is 4.13. The zero-order valence-corrected chi connectivity index (χ0v) is 15.7. The molecule has 5 rings (SSSR count). The minimum absolute atomic E-state index is 0.0744. The number of fused-ring (bicyclic) bond motifs is 1. The zero-order valence-electron chi connectivity index (χ0n) is 15.7. The van der Waals surface area contributed by atoms with Crippen LogP contribution >= 0.6 is 0 Å². The molecule has 3 aromatic rings. The van der Waals surface area contributed by atoms with Crippen molar-refractivity contribution in [1.29, 1.82) is 0 Å². The number of nitrogens with one attached hydrogen (secondary N) is 2. The molecule has 0 spiro atoms. The smallest absolute Gasteiger partial charge is 0.272 e. The number of halogens is 1. The molecular weight excluding hydrogens is 371 g/mol. The molecule has 7 heteroatoms. The number of benzene rings is 2. The summed E-state index contributed by atoms with van der Waals surface area (Å²) >= 11 is 0. The molecule has 0 fully saturated rings. The van der Waals surface area contributed by atoms with Crippen molar-refractivity contribution >= 4 is 16.7 Å². The SMILES string of the molecule is O=C(c1cc(Cc2n[nH]c(=O)c3ccccc23)ccc1F)N1CC2=C(CNC2)C1. The van der Waals surface area contributed by atoms with E-state index in [0.717, 1.165) is 24.0 Å². The first kappa shape index (κ1) is 17.8. The summed E-state index contributed by atoms with van der Waals surface area (Å²) in [6, 6.07) is 11.8. The Labute approximate surface area is 166 Å². The Bertz CT molecular complexity index is 1210. The largest absolute Gasteiger partial charge is 0.330 e. The second kappa shape index (κ2) is 6.93. The van der Waals surface area contributed by atoms with E-state index in [1.54, 1.807) is 29.2 Å². The van der Waals surface area contributed by atoms with E-state index in [9.17, 15) is 14.0 Å². The number of nitrogens with zero attached hydrogens (tertiary/aromatic N) is 2. The lowest BCUT2D eigenvalue weighted by molar-refractivity contribution is 0.0789. The van der Waals surface area contributed by atoms with Crippen LogP contribution in [0, 0.1) is 5.82 Å². The molecule has 2 N–H and O–H groups in total. The molecule has 0 atom stereocenters. The first-order chi connectivity index (χ1) is 14.1. The predicted molar refractivity (Wildman–Crippen MR) is 107 cm³/mol. The maximum atomic E-state index is 14.5. The topological polar surface area (TPSA) is 78.1 Å². The van der Waals surface area contributed by atoms with E-state index in [-0.39, 0.29) is 17.0 Å². The highest BCUT2D eigenvalue weighted by molar-refractivity contribution is 5.95. The maximum absolute atomic E-state index is 14.5. The van der Waals surface area contributed by atoms with E-state index < -0.39 is 5.82 Å². The molecule has 0 unspecified atom stereocenters. The van der Waals surface area contributed by atoms with E-state index in [0.29, 0.717) is 30.6 Å². The van der Waals surface area contributed by atoms with Crippen molar-refractivity contribution in [2.45, 2.75) is 6.42 Å². The minimum Gasteiger partial charge on any atom is -0.330 e. The van der Waals surface area contributed by atoms with Gasteiger partial charge < -0.3 is 10.2 Å². The van der Waals surface area contributed by atoms with E-state index in [1.165, 1.54) is 17.2 Å². The fourth-order valence-corrected chi connectivity index (χ4v) is 4.13. The highest BCUT2D eigenvalue weighted by Crippen LogP contribution is 2.24. The third-order valence-corrected chi connectivity index (χ3v) is 5.64. The predicted octanol–water partition coefficient (Wildman–Crippen LogP) is 2.01.